The second kappa shape index (κ2) is 11.4. The van der Waals surface area contributed by atoms with Gasteiger partial charge in [-0.15, -0.1) is 0 Å². The number of hydrogen-bond acceptors (Lipinski definition) is 6. The van der Waals surface area contributed by atoms with Gasteiger partial charge in [-0.2, -0.15) is 30.0 Å². The number of nitrogens with zero attached hydrogens (tertiary/aromatic N) is 6. The first-order valence-electron chi connectivity index (χ1n) is 12.9. The van der Waals surface area contributed by atoms with Gasteiger partial charge in [0.15, 0.2) is 11.3 Å². The van der Waals surface area contributed by atoms with E-state index in [2.05, 4.69) is 31.1 Å². The smallest absolute Gasteiger partial charge is 0.355 e. The highest BCUT2D eigenvalue weighted by molar-refractivity contribution is 7.98. The quantitative estimate of drug-likeness (QED) is 0.275. The molecule has 2 fully saturated rings. The van der Waals surface area contributed by atoms with Crippen LogP contribution in [0.5, 0.6) is 0 Å². The molecule has 0 amide bonds. The molecule has 3 aromatic rings. The lowest BCUT2D eigenvalue weighted by molar-refractivity contribution is -0.140. The molecule has 206 valence electrons. The van der Waals surface area contributed by atoms with Crippen LogP contribution in [0.1, 0.15) is 43.5 Å². The van der Waals surface area contributed by atoms with Crippen LogP contribution in [0.2, 0.25) is 10.0 Å². The van der Waals surface area contributed by atoms with Gasteiger partial charge in [0.05, 0.1) is 12.2 Å². The molecule has 2 aliphatic heterocycles. The molecule has 2 saturated heterocycles. The predicted octanol–water partition coefficient (Wildman–Crippen LogP) is 6.66. The van der Waals surface area contributed by atoms with E-state index in [-0.39, 0.29) is 11.2 Å². The topological polar surface area (TPSA) is 50.1 Å². The summed E-state index contributed by atoms with van der Waals surface area (Å²) in [6, 6.07) is 4.31. The van der Waals surface area contributed by atoms with Crippen LogP contribution < -0.4 is 4.90 Å². The highest BCUT2D eigenvalue weighted by Gasteiger charge is 2.40. The molecule has 5 rings (SSSR count). The van der Waals surface area contributed by atoms with Crippen LogP contribution in [0.15, 0.2) is 24.4 Å². The molecule has 0 radical (unpaired) electrons. The lowest BCUT2D eigenvalue weighted by Gasteiger charge is -2.47. The van der Waals surface area contributed by atoms with Crippen LogP contribution >= 0.6 is 35.0 Å². The van der Waals surface area contributed by atoms with Gasteiger partial charge >= 0.3 is 6.18 Å². The molecule has 2 aromatic heterocycles. The highest BCUT2D eigenvalue weighted by atomic mass is 35.5. The summed E-state index contributed by atoms with van der Waals surface area (Å²) < 4.78 is 42.8. The van der Waals surface area contributed by atoms with Gasteiger partial charge in [-0.05, 0) is 80.8 Å². The maximum atomic E-state index is 13.8. The van der Waals surface area contributed by atoms with E-state index in [1.165, 1.54) is 42.4 Å². The Kier molecular flexibility index (Phi) is 8.33. The number of benzene rings is 1. The van der Waals surface area contributed by atoms with Crippen LogP contribution in [0.3, 0.4) is 0 Å². The Balaban J connectivity index is 1.36. The van der Waals surface area contributed by atoms with E-state index in [0.717, 1.165) is 26.2 Å². The van der Waals surface area contributed by atoms with E-state index in [4.69, 9.17) is 23.2 Å². The van der Waals surface area contributed by atoms with Crippen molar-refractivity contribution in [2.75, 3.05) is 49.6 Å². The molecule has 38 heavy (non-hydrogen) atoms. The minimum atomic E-state index is -4.66. The Morgan fingerprint density at radius 1 is 1.16 bits per heavy atom. The Hall–Kier alpha value is -1.75. The molecule has 0 N–H and O–H groups in total. The summed E-state index contributed by atoms with van der Waals surface area (Å²) in [5, 5.41) is 4.72. The molecule has 1 aromatic carbocycles. The largest absolute Gasteiger partial charge is 0.437 e. The van der Waals surface area contributed by atoms with Gasteiger partial charge < -0.3 is 9.80 Å². The first-order chi connectivity index (χ1) is 18.2. The minimum absolute atomic E-state index is 0.0921. The van der Waals surface area contributed by atoms with Crippen molar-refractivity contribution in [3.05, 3.63) is 45.7 Å². The standard InChI is InChI=1S/C26H31Cl2F3N6S/c1-16(20-7-6-19(27)11-21(20)28)37-25-23(24(34-37)26(29,30)31)32-12-22(33-25)36-14-18(15-36)17-5-3-8-35(13-17)9-4-10-38-2/h6-7,11-12,16-18H,3-5,8-10,13-15H2,1-2H3. The zero-order chi connectivity index (χ0) is 27.0. The van der Waals surface area contributed by atoms with Gasteiger partial charge in [0.25, 0.3) is 0 Å². The number of rotatable bonds is 8. The molecule has 0 aliphatic carbocycles. The zero-order valence-electron chi connectivity index (χ0n) is 21.4. The third-order valence-electron chi connectivity index (χ3n) is 7.70. The molecule has 6 nitrogen and oxygen atoms in total. The molecule has 0 bridgehead atoms. The number of anilines is 1. The van der Waals surface area contributed by atoms with Gasteiger partial charge in [0.1, 0.15) is 11.3 Å². The van der Waals surface area contributed by atoms with E-state index in [0.29, 0.717) is 33.3 Å². The first-order valence-corrected chi connectivity index (χ1v) is 15.0. The van der Waals surface area contributed by atoms with Crippen molar-refractivity contribution < 1.29 is 13.2 Å². The average Bonchev–Trinajstić information content (AvgIpc) is 3.23. The summed E-state index contributed by atoms with van der Waals surface area (Å²) in [7, 11) is 0. The van der Waals surface area contributed by atoms with E-state index >= 15 is 0 Å². The normalized spacial score (nSPS) is 20.2. The van der Waals surface area contributed by atoms with Crippen LogP contribution in [-0.2, 0) is 6.18 Å². The van der Waals surface area contributed by atoms with Gasteiger partial charge in [0, 0.05) is 29.7 Å². The number of halogens is 5. The van der Waals surface area contributed by atoms with E-state index in [1.54, 1.807) is 25.1 Å². The molecule has 4 heterocycles. The van der Waals surface area contributed by atoms with Crippen LogP contribution in [0, 0.1) is 11.8 Å². The number of hydrogen-bond donors (Lipinski definition) is 0. The number of piperidine rings is 1. The molecule has 2 aliphatic rings. The van der Waals surface area contributed by atoms with E-state index in [9.17, 15) is 13.2 Å². The average molecular weight is 588 g/mol. The van der Waals surface area contributed by atoms with Gasteiger partial charge in [0.2, 0.25) is 0 Å². The van der Waals surface area contributed by atoms with Crippen molar-refractivity contribution in [1.29, 1.82) is 0 Å². The SMILES string of the molecule is CSCCCN1CCCC(C2CN(c3cnc4c(C(F)(F)F)nn(C(C)c5ccc(Cl)cc5Cl)c4n3)C2)C1. The van der Waals surface area contributed by atoms with Crippen molar-refractivity contribution in [3.8, 4) is 0 Å². The fourth-order valence-electron chi connectivity index (χ4n) is 5.59. The number of aromatic nitrogens is 4. The molecule has 0 spiro atoms. The third-order valence-corrected chi connectivity index (χ3v) is 8.96. The second-order valence-electron chi connectivity index (χ2n) is 10.2. The van der Waals surface area contributed by atoms with E-state index < -0.39 is 17.9 Å². The van der Waals surface area contributed by atoms with Crippen LogP contribution in [0.25, 0.3) is 11.2 Å². The third kappa shape index (κ3) is 5.74. The van der Waals surface area contributed by atoms with Crippen molar-refractivity contribution in [2.45, 2.75) is 38.4 Å². The zero-order valence-corrected chi connectivity index (χ0v) is 23.7. The lowest BCUT2D eigenvalue weighted by Crippen LogP contribution is -2.54. The summed E-state index contributed by atoms with van der Waals surface area (Å²) in [5.41, 5.74) is -0.614. The maximum absolute atomic E-state index is 13.8. The molecular formula is C26H31Cl2F3N6S. The second-order valence-corrected chi connectivity index (χ2v) is 12.1. The Labute approximate surface area is 234 Å². The van der Waals surface area contributed by atoms with Crippen molar-refractivity contribution >= 4 is 51.9 Å². The van der Waals surface area contributed by atoms with Gasteiger partial charge in [-0.3, -0.25) is 0 Å². The molecule has 12 heteroatoms. The van der Waals surface area contributed by atoms with Gasteiger partial charge in [-0.1, -0.05) is 29.3 Å². The van der Waals surface area contributed by atoms with Gasteiger partial charge in [-0.25, -0.2) is 14.6 Å². The van der Waals surface area contributed by atoms with Crippen molar-refractivity contribution in [2.24, 2.45) is 11.8 Å². The lowest BCUT2D eigenvalue weighted by atomic mass is 9.80. The molecular weight excluding hydrogens is 556 g/mol. The molecule has 2 atom stereocenters. The van der Waals surface area contributed by atoms with Crippen LogP contribution in [0.4, 0.5) is 19.0 Å². The minimum Gasteiger partial charge on any atom is -0.355 e. The maximum Gasteiger partial charge on any atom is 0.437 e. The Morgan fingerprint density at radius 2 is 1.95 bits per heavy atom. The summed E-state index contributed by atoms with van der Waals surface area (Å²) in [6.45, 7) is 6.86. The monoisotopic (exact) mass is 586 g/mol. The van der Waals surface area contributed by atoms with Crippen molar-refractivity contribution in [3.63, 3.8) is 0 Å². The van der Waals surface area contributed by atoms with Crippen molar-refractivity contribution in [1.82, 2.24) is 24.6 Å². The Bertz CT molecular complexity index is 1280. The number of likely N-dealkylation sites (tertiary alicyclic amines) is 1. The van der Waals surface area contributed by atoms with Crippen LogP contribution in [-0.4, -0.2) is 69.4 Å². The van der Waals surface area contributed by atoms with E-state index in [1.807, 2.05) is 11.8 Å². The highest BCUT2D eigenvalue weighted by Crippen LogP contribution is 2.38. The molecule has 2 unspecified atom stereocenters. The number of thioether (sulfide) groups is 1. The number of alkyl halides is 3. The summed E-state index contributed by atoms with van der Waals surface area (Å²) in [5.74, 6) is 2.96. The first kappa shape index (κ1) is 27.8. The molecule has 0 saturated carbocycles. The predicted molar refractivity (Wildman–Crippen MR) is 148 cm³/mol. The fourth-order valence-corrected chi connectivity index (χ4v) is 6.58. The fraction of sp³-hybridized carbons (Fsp3) is 0.577. The summed E-state index contributed by atoms with van der Waals surface area (Å²) in [4.78, 5) is 13.5. The summed E-state index contributed by atoms with van der Waals surface area (Å²) >= 11 is 14.3. The summed E-state index contributed by atoms with van der Waals surface area (Å²) in [6.07, 6.45) is 2.59. The number of fused-ring (bicyclic) bond motifs is 1. The Morgan fingerprint density at radius 3 is 2.66 bits per heavy atom.